The lowest BCUT2D eigenvalue weighted by molar-refractivity contribution is 0.127. The highest BCUT2D eigenvalue weighted by atomic mass is 19.3. The maximum atomic E-state index is 12.4. The number of aryl methyl sites for hydroxylation is 1. The quantitative estimate of drug-likeness (QED) is 0.800. The Morgan fingerprint density at radius 2 is 2.19 bits per heavy atom. The summed E-state index contributed by atoms with van der Waals surface area (Å²) in [6, 6.07) is 3.52. The molecule has 16 heavy (non-hydrogen) atoms. The number of fused-ring (bicyclic) bond motifs is 1. The molecule has 2 rings (SSSR count). The molecule has 0 radical (unpaired) electrons. The SMILES string of the molecule is C=Cc1ccc2nc(C)n(CC(F)F)c2n1. The fraction of sp³-hybridized carbons (Fsp3) is 0.273. The molecule has 0 N–H and O–H groups in total. The van der Waals surface area contributed by atoms with Crippen molar-refractivity contribution < 1.29 is 8.78 Å². The molecule has 0 unspecified atom stereocenters. The second kappa shape index (κ2) is 4.00. The number of nitrogens with zero attached hydrogens (tertiary/aromatic N) is 3. The van der Waals surface area contributed by atoms with Gasteiger partial charge in [0.1, 0.15) is 11.3 Å². The highest BCUT2D eigenvalue weighted by Crippen LogP contribution is 2.16. The van der Waals surface area contributed by atoms with E-state index in [-0.39, 0.29) is 6.54 Å². The van der Waals surface area contributed by atoms with Gasteiger partial charge in [0.15, 0.2) is 5.65 Å². The Morgan fingerprint density at radius 3 is 2.81 bits per heavy atom. The second-order valence-electron chi connectivity index (χ2n) is 3.44. The molecule has 0 bridgehead atoms. The largest absolute Gasteiger partial charge is 0.307 e. The van der Waals surface area contributed by atoms with Crippen LogP contribution in [0.15, 0.2) is 18.7 Å². The zero-order valence-corrected chi connectivity index (χ0v) is 8.82. The van der Waals surface area contributed by atoms with E-state index in [0.29, 0.717) is 22.7 Å². The van der Waals surface area contributed by atoms with Crippen LogP contribution in [0, 0.1) is 6.92 Å². The van der Waals surface area contributed by atoms with Crippen LogP contribution in [-0.2, 0) is 6.54 Å². The first-order valence-electron chi connectivity index (χ1n) is 4.86. The van der Waals surface area contributed by atoms with Gasteiger partial charge in [-0.25, -0.2) is 18.7 Å². The van der Waals surface area contributed by atoms with E-state index < -0.39 is 6.43 Å². The highest BCUT2D eigenvalue weighted by molar-refractivity contribution is 5.73. The van der Waals surface area contributed by atoms with Gasteiger partial charge in [-0.1, -0.05) is 6.58 Å². The smallest absolute Gasteiger partial charge is 0.256 e. The summed E-state index contributed by atoms with van der Waals surface area (Å²) >= 11 is 0. The van der Waals surface area contributed by atoms with Gasteiger partial charge in [-0.3, -0.25) is 0 Å². The summed E-state index contributed by atoms with van der Waals surface area (Å²) in [6.45, 7) is 4.91. The van der Waals surface area contributed by atoms with Gasteiger partial charge in [-0.05, 0) is 25.1 Å². The minimum Gasteiger partial charge on any atom is -0.307 e. The molecule has 84 valence electrons. The topological polar surface area (TPSA) is 30.7 Å². The predicted octanol–water partition coefficient (Wildman–Crippen LogP) is 2.65. The van der Waals surface area contributed by atoms with Crippen molar-refractivity contribution in [2.45, 2.75) is 19.9 Å². The molecule has 2 aromatic heterocycles. The van der Waals surface area contributed by atoms with Gasteiger partial charge in [0.25, 0.3) is 6.43 Å². The van der Waals surface area contributed by atoms with Gasteiger partial charge in [0.2, 0.25) is 0 Å². The van der Waals surface area contributed by atoms with E-state index in [4.69, 9.17) is 0 Å². The summed E-state index contributed by atoms with van der Waals surface area (Å²) in [5, 5.41) is 0. The van der Waals surface area contributed by atoms with Crippen LogP contribution in [-0.4, -0.2) is 21.0 Å². The summed E-state index contributed by atoms with van der Waals surface area (Å²) in [4.78, 5) is 8.39. The van der Waals surface area contributed by atoms with Gasteiger partial charge in [0, 0.05) is 0 Å². The third-order valence-electron chi connectivity index (χ3n) is 2.33. The average molecular weight is 223 g/mol. The van der Waals surface area contributed by atoms with Crippen LogP contribution in [0.25, 0.3) is 17.2 Å². The van der Waals surface area contributed by atoms with Gasteiger partial charge in [-0.15, -0.1) is 0 Å². The van der Waals surface area contributed by atoms with Crippen molar-refractivity contribution in [1.82, 2.24) is 14.5 Å². The number of halogens is 2. The summed E-state index contributed by atoms with van der Waals surface area (Å²) in [5.74, 6) is 0.545. The predicted molar refractivity (Wildman–Crippen MR) is 58.4 cm³/mol. The number of hydrogen-bond acceptors (Lipinski definition) is 2. The lowest BCUT2D eigenvalue weighted by Gasteiger charge is -2.04. The van der Waals surface area contributed by atoms with Crippen LogP contribution < -0.4 is 0 Å². The zero-order chi connectivity index (χ0) is 11.7. The van der Waals surface area contributed by atoms with E-state index in [1.54, 1.807) is 25.1 Å². The van der Waals surface area contributed by atoms with E-state index in [9.17, 15) is 8.78 Å². The van der Waals surface area contributed by atoms with Crippen LogP contribution in [0.3, 0.4) is 0 Å². The molecule has 0 fully saturated rings. The molecule has 0 amide bonds. The third-order valence-corrected chi connectivity index (χ3v) is 2.33. The molecule has 3 nitrogen and oxygen atoms in total. The molecule has 0 aliphatic rings. The average Bonchev–Trinajstić information content (AvgIpc) is 2.54. The normalized spacial score (nSPS) is 11.2. The first-order valence-corrected chi connectivity index (χ1v) is 4.86. The van der Waals surface area contributed by atoms with Crippen molar-refractivity contribution in [2.24, 2.45) is 0 Å². The summed E-state index contributed by atoms with van der Waals surface area (Å²) in [7, 11) is 0. The first-order chi connectivity index (χ1) is 7.61. The van der Waals surface area contributed by atoms with E-state index >= 15 is 0 Å². The van der Waals surface area contributed by atoms with Crippen molar-refractivity contribution in [3.05, 3.63) is 30.2 Å². The van der Waals surface area contributed by atoms with Crippen molar-refractivity contribution in [1.29, 1.82) is 0 Å². The van der Waals surface area contributed by atoms with Gasteiger partial charge in [0.05, 0.1) is 12.2 Å². The van der Waals surface area contributed by atoms with Crippen molar-refractivity contribution in [3.8, 4) is 0 Å². The Labute approximate surface area is 91.4 Å². The number of imidazole rings is 1. The van der Waals surface area contributed by atoms with E-state index in [0.717, 1.165) is 0 Å². The summed E-state index contributed by atoms with van der Waals surface area (Å²) in [5.41, 5.74) is 1.77. The molecule has 0 aromatic carbocycles. The van der Waals surface area contributed by atoms with Crippen LogP contribution in [0.1, 0.15) is 11.5 Å². The van der Waals surface area contributed by atoms with Crippen LogP contribution in [0.4, 0.5) is 8.78 Å². The molecular weight excluding hydrogens is 212 g/mol. The molecule has 2 aromatic rings. The first kappa shape index (κ1) is 10.7. The molecule has 0 saturated heterocycles. The molecule has 2 heterocycles. The molecular formula is C11H11F2N3. The lowest BCUT2D eigenvalue weighted by Crippen LogP contribution is -2.08. The number of hydrogen-bond donors (Lipinski definition) is 0. The van der Waals surface area contributed by atoms with Crippen LogP contribution >= 0.6 is 0 Å². The monoisotopic (exact) mass is 223 g/mol. The zero-order valence-electron chi connectivity index (χ0n) is 8.82. The Balaban J connectivity index is 2.61. The molecule has 5 heteroatoms. The molecule has 0 atom stereocenters. The fourth-order valence-electron chi connectivity index (χ4n) is 1.60. The standard InChI is InChI=1S/C11H11F2N3/c1-3-8-4-5-9-11(15-8)16(6-10(12)13)7(2)14-9/h3-5,10H,1,6H2,2H3. The molecule has 0 saturated carbocycles. The maximum absolute atomic E-state index is 12.4. The summed E-state index contributed by atoms with van der Waals surface area (Å²) < 4.78 is 26.2. The number of alkyl halides is 2. The number of aromatic nitrogens is 3. The van der Waals surface area contributed by atoms with Crippen molar-refractivity contribution in [3.63, 3.8) is 0 Å². The minimum absolute atomic E-state index is 0.379. The Hall–Kier alpha value is -1.78. The molecule has 0 aliphatic heterocycles. The summed E-state index contributed by atoms with van der Waals surface area (Å²) in [6.07, 6.45) is -0.834. The minimum atomic E-state index is -2.41. The van der Waals surface area contributed by atoms with Gasteiger partial charge >= 0.3 is 0 Å². The van der Waals surface area contributed by atoms with Gasteiger partial charge in [-0.2, -0.15) is 0 Å². The van der Waals surface area contributed by atoms with E-state index in [2.05, 4.69) is 16.5 Å². The van der Waals surface area contributed by atoms with Crippen molar-refractivity contribution in [2.75, 3.05) is 0 Å². The highest BCUT2D eigenvalue weighted by Gasteiger charge is 2.12. The fourth-order valence-corrected chi connectivity index (χ4v) is 1.60. The number of pyridine rings is 1. The van der Waals surface area contributed by atoms with Gasteiger partial charge < -0.3 is 4.57 Å². The Kier molecular flexibility index (Phi) is 2.68. The lowest BCUT2D eigenvalue weighted by atomic mass is 10.3. The molecule has 0 aliphatic carbocycles. The Morgan fingerprint density at radius 1 is 1.44 bits per heavy atom. The van der Waals surface area contributed by atoms with Crippen molar-refractivity contribution >= 4 is 17.2 Å². The van der Waals surface area contributed by atoms with Crippen LogP contribution in [0.2, 0.25) is 0 Å². The van der Waals surface area contributed by atoms with E-state index in [1.807, 2.05) is 0 Å². The van der Waals surface area contributed by atoms with E-state index in [1.165, 1.54) is 4.57 Å². The third kappa shape index (κ3) is 1.80. The Bertz CT molecular complexity index is 531. The molecule has 0 spiro atoms. The second-order valence-corrected chi connectivity index (χ2v) is 3.44. The number of rotatable bonds is 3. The maximum Gasteiger partial charge on any atom is 0.256 e. The van der Waals surface area contributed by atoms with Crippen LogP contribution in [0.5, 0.6) is 0 Å².